The summed E-state index contributed by atoms with van der Waals surface area (Å²) in [5.74, 6) is 1.87. The standard InChI is InChI=1S/C21H23NO4/c1-5-12-22-20(14-6-9-16(24-2)10-7-14)19(21(22)23)15-8-11-17(25-3)18(13-15)26-4/h5-11,13,19-20H,1,12H2,2-4H3/t19-,20-/m0/s1. The van der Waals surface area contributed by atoms with Crippen LogP contribution in [0.4, 0.5) is 0 Å². The van der Waals surface area contributed by atoms with Crippen LogP contribution in [-0.4, -0.2) is 38.7 Å². The molecule has 1 aliphatic heterocycles. The van der Waals surface area contributed by atoms with E-state index in [4.69, 9.17) is 14.2 Å². The van der Waals surface area contributed by atoms with Gasteiger partial charge in [0.25, 0.3) is 0 Å². The summed E-state index contributed by atoms with van der Waals surface area (Å²) < 4.78 is 15.9. The maximum atomic E-state index is 12.8. The van der Waals surface area contributed by atoms with Crippen LogP contribution in [0.25, 0.3) is 0 Å². The van der Waals surface area contributed by atoms with E-state index in [2.05, 4.69) is 6.58 Å². The zero-order valence-electron chi connectivity index (χ0n) is 15.3. The lowest BCUT2D eigenvalue weighted by atomic mass is 9.77. The summed E-state index contributed by atoms with van der Waals surface area (Å²) in [6.07, 6.45) is 1.75. The molecule has 0 saturated carbocycles. The third-order valence-electron chi connectivity index (χ3n) is 4.75. The molecule has 0 bridgehead atoms. The summed E-state index contributed by atoms with van der Waals surface area (Å²) in [4.78, 5) is 14.6. The van der Waals surface area contributed by atoms with Gasteiger partial charge in [0.15, 0.2) is 11.5 Å². The predicted molar refractivity (Wildman–Crippen MR) is 99.9 cm³/mol. The Morgan fingerprint density at radius 1 is 0.962 bits per heavy atom. The molecule has 0 aliphatic carbocycles. The Morgan fingerprint density at radius 2 is 1.62 bits per heavy atom. The van der Waals surface area contributed by atoms with Crippen molar-refractivity contribution in [2.24, 2.45) is 0 Å². The van der Waals surface area contributed by atoms with E-state index in [9.17, 15) is 4.79 Å². The van der Waals surface area contributed by atoms with Gasteiger partial charge in [-0.05, 0) is 35.4 Å². The predicted octanol–water partition coefficient (Wildman–Crippen LogP) is 3.57. The zero-order chi connectivity index (χ0) is 18.7. The molecule has 0 spiro atoms. The number of methoxy groups -OCH3 is 3. The van der Waals surface area contributed by atoms with Crippen LogP contribution in [0.2, 0.25) is 0 Å². The number of likely N-dealkylation sites (tertiary alicyclic amines) is 1. The first-order valence-electron chi connectivity index (χ1n) is 8.41. The molecule has 1 aliphatic rings. The number of carbonyl (C=O) groups is 1. The molecule has 2 aromatic rings. The van der Waals surface area contributed by atoms with Crippen LogP contribution in [-0.2, 0) is 4.79 Å². The summed E-state index contributed by atoms with van der Waals surface area (Å²) in [5, 5.41) is 0. The first-order valence-corrected chi connectivity index (χ1v) is 8.41. The van der Waals surface area contributed by atoms with Crippen molar-refractivity contribution in [1.82, 2.24) is 4.90 Å². The number of rotatable bonds is 7. The summed E-state index contributed by atoms with van der Waals surface area (Å²) in [7, 11) is 4.82. The highest BCUT2D eigenvalue weighted by molar-refractivity contribution is 5.92. The number of hydrogen-bond donors (Lipinski definition) is 0. The van der Waals surface area contributed by atoms with Gasteiger partial charge in [0.05, 0.1) is 33.3 Å². The van der Waals surface area contributed by atoms with Crippen molar-refractivity contribution >= 4 is 5.91 Å². The SMILES string of the molecule is C=CCN1C(=O)[C@@H](c2ccc(OC)c(OC)c2)[C@@H]1c1ccc(OC)cc1. The zero-order valence-corrected chi connectivity index (χ0v) is 15.3. The molecule has 1 fully saturated rings. The second-order valence-corrected chi connectivity index (χ2v) is 6.09. The lowest BCUT2D eigenvalue weighted by Crippen LogP contribution is -2.53. The van der Waals surface area contributed by atoms with Crippen molar-refractivity contribution in [2.75, 3.05) is 27.9 Å². The highest BCUT2D eigenvalue weighted by Gasteiger charge is 2.48. The van der Waals surface area contributed by atoms with Gasteiger partial charge in [-0.15, -0.1) is 6.58 Å². The molecule has 2 aromatic carbocycles. The van der Waals surface area contributed by atoms with E-state index >= 15 is 0 Å². The van der Waals surface area contributed by atoms with E-state index in [-0.39, 0.29) is 17.9 Å². The lowest BCUT2D eigenvalue weighted by molar-refractivity contribution is -0.149. The molecular weight excluding hydrogens is 330 g/mol. The van der Waals surface area contributed by atoms with Crippen molar-refractivity contribution in [3.63, 3.8) is 0 Å². The molecule has 5 nitrogen and oxygen atoms in total. The fourth-order valence-corrected chi connectivity index (χ4v) is 3.44. The quantitative estimate of drug-likeness (QED) is 0.564. The van der Waals surface area contributed by atoms with Gasteiger partial charge in [-0.1, -0.05) is 24.3 Å². The van der Waals surface area contributed by atoms with E-state index in [0.29, 0.717) is 18.0 Å². The molecule has 1 amide bonds. The minimum Gasteiger partial charge on any atom is -0.497 e. The molecule has 0 N–H and O–H groups in total. The van der Waals surface area contributed by atoms with E-state index in [0.717, 1.165) is 16.9 Å². The largest absolute Gasteiger partial charge is 0.497 e. The van der Waals surface area contributed by atoms with Crippen LogP contribution >= 0.6 is 0 Å². The number of carbonyl (C=O) groups excluding carboxylic acids is 1. The van der Waals surface area contributed by atoms with Crippen LogP contribution in [0, 0.1) is 0 Å². The average Bonchev–Trinajstić information content (AvgIpc) is 2.69. The topological polar surface area (TPSA) is 48.0 Å². The fourth-order valence-electron chi connectivity index (χ4n) is 3.44. The van der Waals surface area contributed by atoms with Gasteiger partial charge < -0.3 is 19.1 Å². The van der Waals surface area contributed by atoms with Gasteiger partial charge in [0.2, 0.25) is 5.91 Å². The maximum Gasteiger partial charge on any atom is 0.233 e. The smallest absolute Gasteiger partial charge is 0.233 e. The summed E-state index contributed by atoms with van der Waals surface area (Å²) in [6.45, 7) is 4.28. The van der Waals surface area contributed by atoms with E-state index in [1.165, 1.54) is 0 Å². The van der Waals surface area contributed by atoms with Gasteiger partial charge in [-0.2, -0.15) is 0 Å². The van der Waals surface area contributed by atoms with Crippen LogP contribution in [0.15, 0.2) is 55.1 Å². The van der Waals surface area contributed by atoms with Crippen molar-refractivity contribution in [2.45, 2.75) is 12.0 Å². The average molecular weight is 353 g/mol. The Bertz CT molecular complexity index is 800. The fraction of sp³-hybridized carbons (Fsp3) is 0.286. The molecule has 26 heavy (non-hydrogen) atoms. The van der Waals surface area contributed by atoms with E-state index < -0.39 is 0 Å². The molecule has 0 aromatic heterocycles. The van der Waals surface area contributed by atoms with Crippen LogP contribution in [0.5, 0.6) is 17.2 Å². The lowest BCUT2D eigenvalue weighted by Gasteiger charge is -2.47. The number of nitrogens with zero attached hydrogens (tertiary/aromatic N) is 1. The minimum atomic E-state index is -0.261. The number of ether oxygens (including phenoxy) is 3. The van der Waals surface area contributed by atoms with Crippen LogP contribution in [0.1, 0.15) is 23.1 Å². The Labute approximate surface area is 153 Å². The number of hydrogen-bond acceptors (Lipinski definition) is 4. The van der Waals surface area contributed by atoms with Gasteiger partial charge in [0, 0.05) is 6.54 Å². The van der Waals surface area contributed by atoms with Crippen LogP contribution in [0.3, 0.4) is 0 Å². The highest BCUT2D eigenvalue weighted by Crippen LogP contribution is 2.48. The van der Waals surface area contributed by atoms with Gasteiger partial charge in [-0.3, -0.25) is 4.79 Å². The number of amides is 1. The first kappa shape index (κ1) is 17.9. The molecule has 1 saturated heterocycles. The Balaban J connectivity index is 1.98. The molecule has 0 unspecified atom stereocenters. The minimum absolute atomic E-state index is 0.0514. The van der Waals surface area contributed by atoms with Crippen molar-refractivity contribution < 1.29 is 19.0 Å². The van der Waals surface area contributed by atoms with Gasteiger partial charge >= 0.3 is 0 Å². The summed E-state index contributed by atoms with van der Waals surface area (Å²) in [6, 6.07) is 13.4. The summed E-state index contributed by atoms with van der Waals surface area (Å²) in [5.41, 5.74) is 1.97. The molecule has 2 atom stereocenters. The monoisotopic (exact) mass is 353 g/mol. The van der Waals surface area contributed by atoms with Gasteiger partial charge in [-0.25, -0.2) is 0 Å². The summed E-state index contributed by atoms with van der Waals surface area (Å²) >= 11 is 0. The molecule has 5 heteroatoms. The van der Waals surface area contributed by atoms with Crippen molar-refractivity contribution in [3.05, 3.63) is 66.2 Å². The Kier molecular flexibility index (Phi) is 5.16. The second kappa shape index (κ2) is 7.52. The first-order chi connectivity index (χ1) is 12.6. The van der Waals surface area contributed by atoms with E-state index in [1.807, 2.05) is 47.4 Å². The third kappa shape index (κ3) is 3.01. The molecular formula is C21H23NO4. The Morgan fingerprint density at radius 3 is 2.19 bits per heavy atom. The second-order valence-electron chi connectivity index (χ2n) is 6.09. The molecule has 1 heterocycles. The van der Waals surface area contributed by atoms with E-state index in [1.54, 1.807) is 27.4 Å². The van der Waals surface area contributed by atoms with Gasteiger partial charge in [0.1, 0.15) is 5.75 Å². The Hall–Kier alpha value is -2.95. The number of benzene rings is 2. The highest BCUT2D eigenvalue weighted by atomic mass is 16.5. The third-order valence-corrected chi connectivity index (χ3v) is 4.75. The number of β-lactam (4-membered cyclic amide) rings is 1. The van der Waals surface area contributed by atoms with Crippen molar-refractivity contribution in [3.8, 4) is 17.2 Å². The molecule has 3 rings (SSSR count). The molecule has 0 radical (unpaired) electrons. The molecule has 136 valence electrons. The normalized spacial score (nSPS) is 18.9. The maximum absolute atomic E-state index is 12.8. The van der Waals surface area contributed by atoms with Crippen molar-refractivity contribution in [1.29, 1.82) is 0 Å². The van der Waals surface area contributed by atoms with Crippen LogP contribution < -0.4 is 14.2 Å².